The molecule has 0 saturated heterocycles. The van der Waals surface area contributed by atoms with Crippen LogP contribution in [0.4, 0.5) is 23.2 Å². The van der Waals surface area contributed by atoms with E-state index in [1.54, 1.807) is 11.0 Å². The normalized spacial score (nSPS) is 13.5. The van der Waals surface area contributed by atoms with Crippen LogP contribution in [0.25, 0.3) is 0 Å². The second kappa shape index (κ2) is 11.8. The van der Waals surface area contributed by atoms with Gasteiger partial charge in [0.15, 0.2) is 0 Å². The maximum atomic E-state index is 13.1. The predicted octanol–water partition coefficient (Wildman–Crippen LogP) is 4.64. The molecule has 3 heterocycles. The average molecular weight is 532 g/mol. The van der Waals surface area contributed by atoms with Gasteiger partial charge in [-0.1, -0.05) is 6.07 Å². The molecule has 3 aromatic rings. The molecule has 0 bridgehead atoms. The molecule has 12 heteroatoms. The molecule has 1 unspecified atom stereocenters. The van der Waals surface area contributed by atoms with Crippen molar-refractivity contribution in [3.63, 3.8) is 0 Å². The summed E-state index contributed by atoms with van der Waals surface area (Å²) >= 11 is 0. The fraction of sp³-hybridized carbons (Fsp3) is 0.269. The van der Waals surface area contributed by atoms with Crippen molar-refractivity contribution in [2.24, 2.45) is 0 Å². The molecule has 38 heavy (non-hydrogen) atoms. The fourth-order valence-electron chi connectivity index (χ4n) is 3.67. The standard InChI is InChI=1S/C24H23FN4O2.C2HF3O2/c1-15-5-3-6-21(26-15)24(31)29-14-4-7-20-22(29)13-12-19(28-20)16(2)27-23(30)17-8-10-18(25)11-9-17;3-2(4,5)1(6)7/h3,5-6,8-13,16H,4,7,14H2,1-2H3,(H,27,30);(H,6,7). The second-order valence-electron chi connectivity index (χ2n) is 8.43. The molecule has 0 aliphatic carbocycles. The summed E-state index contributed by atoms with van der Waals surface area (Å²) in [5, 5.41) is 10.0. The van der Waals surface area contributed by atoms with Gasteiger partial charge in [0.2, 0.25) is 0 Å². The van der Waals surface area contributed by atoms with Crippen molar-refractivity contribution in [3.8, 4) is 0 Å². The van der Waals surface area contributed by atoms with Gasteiger partial charge in [-0.15, -0.1) is 0 Å². The zero-order valence-electron chi connectivity index (χ0n) is 20.4. The Morgan fingerprint density at radius 1 is 1.03 bits per heavy atom. The van der Waals surface area contributed by atoms with Gasteiger partial charge in [-0.3, -0.25) is 14.6 Å². The van der Waals surface area contributed by atoms with E-state index in [0.29, 0.717) is 23.5 Å². The number of nitrogens with one attached hydrogen (secondary N) is 1. The number of aromatic nitrogens is 2. The highest BCUT2D eigenvalue weighted by Gasteiger charge is 2.38. The van der Waals surface area contributed by atoms with Gasteiger partial charge >= 0.3 is 12.1 Å². The molecule has 1 aliphatic rings. The first-order valence-electron chi connectivity index (χ1n) is 11.5. The number of aryl methyl sites for hydroxylation is 2. The highest BCUT2D eigenvalue weighted by Crippen LogP contribution is 2.28. The van der Waals surface area contributed by atoms with Gasteiger partial charge < -0.3 is 15.3 Å². The Kier molecular flexibility index (Phi) is 8.76. The van der Waals surface area contributed by atoms with Crippen LogP contribution >= 0.6 is 0 Å². The summed E-state index contributed by atoms with van der Waals surface area (Å²) in [5.41, 5.74) is 3.90. The number of carbonyl (C=O) groups is 3. The van der Waals surface area contributed by atoms with Gasteiger partial charge in [0.1, 0.15) is 11.5 Å². The first-order valence-corrected chi connectivity index (χ1v) is 11.5. The molecule has 200 valence electrons. The summed E-state index contributed by atoms with van der Waals surface area (Å²) in [5.74, 6) is -3.58. The predicted molar refractivity (Wildman–Crippen MR) is 129 cm³/mol. The highest BCUT2D eigenvalue weighted by molar-refractivity contribution is 6.05. The molecule has 0 saturated carbocycles. The Balaban J connectivity index is 0.000000505. The molecule has 8 nitrogen and oxygen atoms in total. The lowest BCUT2D eigenvalue weighted by Crippen LogP contribution is -2.36. The third kappa shape index (κ3) is 7.11. The van der Waals surface area contributed by atoms with Crippen molar-refractivity contribution in [2.75, 3.05) is 11.4 Å². The summed E-state index contributed by atoms with van der Waals surface area (Å²) in [6.45, 7) is 4.31. The second-order valence-corrected chi connectivity index (χ2v) is 8.43. The van der Waals surface area contributed by atoms with Crippen LogP contribution in [0.15, 0.2) is 54.6 Å². The minimum atomic E-state index is -5.08. The number of amides is 2. The molecule has 0 radical (unpaired) electrons. The van der Waals surface area contributed by atoms with E-state index in [0.717, 1.165) is 29.9 Å². The number of anilines is 1. The van der Waals surface area contributed by atoms with E-state index in [1.165, 1.54) is 24.3 Å². The topological polar surface area (TPSA) is 112 Å². The summed E-state index contributed by atoms with van der Waals surface area (Å²) in [4.78, 5) is 45.1. The van der Waals surface area contributed by atoms with Crippen molar-refractivity contribution in [2.45, 2.75) is 38.9 Å². The van der Waals surface area contributed by atoms with Crippen molar-refractivity contribution >= 4 is 23.5 Å². The third-order valence-electron chi connectivity index (χ3n) is 5.55. The molecule has 4 rings (SSSR count). The number of carbonyl (C=O) groups excluding carboxylic acids is 2. The Bertz CT molecular complexity index is 1330. The molecule has 1 aliphatic heterocycles. The maximum Gasteiger partial charge on any atom is 0.490 e. The van der Waals surface area contributed by atoms with Gasteiger partial charge in [-0.2, -0.15) is 13.2 Å². The van der Waals surface area contributed by atoms with Crippen LogP contribution in [-0.4, -0.2) is 45.6 Å². The third-order valence-corrected chi connectivity index (χ3v) is 5.55. The van der Waals surface area contributed by atoms with Crippen LogP contribution in [0.1, 0.15) is 57.3 Å². The van der Waals surface area contributed by atoms with Gasteiger partial charge in [-0.25, -0.2) is 14.2 Å². The van der Waals surface area contributed by atoms with Gasteiger partial charge in [0, 0.05) is 17.8 Å². The molecule has 0 fully saturated rings. The quantitative estimate of drug-likeness (QED) is 0.474. The molecule has 1 atom stereocenters. The number of benzene rings is 1. The number of rotatable bonds is 4. The monoisotopic (exact) mass is 532 g/mol. The van der Waals surface area contributed by atoms with E-state index in [-0.39, 0.29) is 23.7 Å². The number of hydrogen-bond donors (Lipinski definition) is 2. The van der Waals surface area contributed by atoms with Crippen molar-refractivity contribution in [3.05, 3.63) is 88.8 Å². The fourth-order valence-corrected chi connectivity index (χ4v) is 3.67. The number of aliphatic carboxylic acids is 1. The van der Waals surface area contributed by atoms with Crippen LogP contribution in [0.5, 0.6) is 0 Å². The Morgan fingerprint density at radius 2 is 1.68 bits per heavy atom. The first-order chi connectivity index (χ1) is 17.9. The largest absolute Gasteiger partial charge is 0.490 e. The molecular weight excluding hydrogens is 508 g/mol. The van der Waals surface area contributed by atoms with E-state index < -0.39 is 12.1 Å². The zero-order valence-corrected chi connectivity index (χ0v) is 20.4. The van der Waals surface area contributed by atoms with Crippen LogP contribution in [-0.2, 0) is 11.2 Å². The number of hydrogen-bond acceptors (Lipinski definition) is 5. The average Bonchev–Trinajstić information content (AvgIpc) is 2.87. The van der Waals surface area contributed by atoms with Crippen LogP contribution < -0.4 is 10.2 Å². The number of alkyl halides is 3. The van der Waals surface area contributed by atoms with E-state index in [1.807, 2.05) is 38.1 Å². The summed E-state index contributed by atoms with van der Waals surface area (Å²) in [6.07, 6.45) is -3.52. The van der Waals surface area contributed by atoms with Crippen molar-refractivity contribution in [1.29, 1.82) is 0 Å². The number of halogens is 4. The molecule has 2 N–H and O–H groups in total. The molecular formula is C26H24F4N4O4. The summed E-state index contributed by atoms with van der Waals surface area (Å²) < 4.78 is 44.8. The van der Waals surface area contributed by atoms with Crippen LogP contribution in [0.2, 0.25) is 0 Å². The minimum absolute atomic E-state index is 0.142. The molecule has 0 spiro atoms. The Morgan fingerprint density at radius 3 is 2.29 bits per heavy atom. The van der Waals surface area contributed by atoms with Crippen molar-refractivity contribution in [1.82, 2.24) is 15.3 Å². The Hall–Kier alpha value is -4.35. The summed E-state index contributed by atoms with van der Waals surface area (Å²) in [7, 11) is 0. The summed E-state index contributed by atoms with van der Waals surface area (Å²) in [6, 6.07) is 14.2. The number of fused-ring (bicyclic) bond motifs is 1. The van der Waals surface area contributed by atoms with Crippen LogP contribution in [0.3, 0.4) is 0 Å². The smallest absolute Gasteiger partial charge is 0.475 e. The van der Waals surface area contributed by atoms with Gasteiger partial charge in [0.25, 0.3) is 11.8 Å². The molecule has 1 aromatic carbocycles. The van der Waals surface area contributed by atoms with E-state index >= 15 is 0 Å². The lowest BCUT2D eigenvalue weighted by molar-refractivity contribution is -0.192. The minimum Gasteiger partial charge on any atom is -0.475 e. The van der Waals surface area contributed by atoms with Gasteiger partial charge in [-0.05, 0) is 75.2 Å². The number of nitrogens with zero attached hydrogens (tertiary/aromatic N) is 3. The van der Waals surface area contributed by atoms with E-state index in [2.05, 4.69) is 10.3 Å². The number of carboxylic acid groups (broad SMARTS) is 1. The lowest BCUT2D eigenvalue weighted by atomic mass is 10.0. The molecule has 2 amide bonds. The van der Waals surface area contributed by atoms with Gasteiger partial charge in [0.05, 0.1) is 23.1 Å². The van der Waals surface area contributed by atoms with Crippen LogP contribution in [0, 0.1) is 12.7 Å². The maximum absolute atomic E-state index is 13.1. The Labute approximate surface area is 215 Å². The van der Waals surface area contributed by atoms with E-state index in [9.17, 15) is 27.2 Å². The van der Waals surface area contributed by atoms with E-state index in [4.69, 9.17) is 14.9 Å². The van der Waals surface area contributed by atoms with Crippen molar-refractivity contribution < 1.29 is 37.1 Å². The molecule has 2 aromatic heterocycles. The SMILES string of the molecule is Cc1cccc(C(=O)N2CCCc3nc(C(C)NC(=O)c4ccc(F)cc4)ccc32)n1.O=C(O)C(F)(F)F. The first kappa shape index (κ1) is 28.2. The zero-order chi connectivity index (χ0) is 28.0. The number of pyridine rings is 2. The number of carboxylic acids is 1. The highest BCUT2D eigenvalue weighted by atomic mass is 19.4. The lowest BCUT2D eigenvalue weighted by Gasteiger charge is -2.29.